The number of likely N-dealkylation sites (N-methyl/N-ethyl adjacent to an activating group) is 1. The molecule has 1 aliphatic rings. The molecule has 6 nitrogen and oxygen atoms in total. The zero-order chi connectivity index (χ0) is 30.4. The first-order chi connectivity index (χ1) is 20.7. The summed E-state index contributed by atoms with van der Waals surface area (Å²) in [6.45, 7) is 11.1. The Morgan fingerprint density at radius 1 is 1.05 bits per heavy atom. The predicted molar refractivity (Wildman–Crippen MR) is 176 cm³/mol. The molecule has 0 radical (unpaired) electrons. The van der Waals surface area contributed by atoms with Crippen molar-refractivity contribution in [3.8, 4) is 11.3 Å². The predicted octanol–water partition coefficient (Wildman–Crippen LogP) is 6.52. The molecule has 43 heavy (non-hydrogen) atoms. The molecule has 5 aromatic rings. The summed E-state index contributed by atoms with van der Waals surface area (Å²) in [5, 5.41) is 1.65. The van der Waals surface area contributed by atoms with E-state index in [-0.39, 0.29) is 11.5 Å². The second-order valence-corrected chi connectivity index (χ2v) is 12.3. The number of carbonyl (C=O) groups is 1. The molecule has 0 unspecified atom stereocenters. The van der Waals surface area contributed by atoms with Crippen molar-refractivity contribution in [1.29, 1.82) is 0 Å². The minimum absolute atomic E-state index is 0.116. The highest BCUT2D eigenvalue weighted by molar-refractivity contribution is 7.07. The first kappa shape index (κ1) is 28.9. The molecule has 0 saturated carbocycles. The lowest BCUT2D eigenvalue weighted by atomic mass is 9.94. The number of halogens is 1. The van der Waals surface area contributed by atoms with Crippen LogP contribution in [-0.2, 0) is 4.79 Å². The zero-order valence-corrected chi connectivity index (χ0v) is 26.4. The normalized spacial score (nSPS) is 15.1. The van der Waals surface area contributed by atoms with Crippen LogP contribution in [0.2, 0.25) is 5.02 Å². The van der Waals surface area contributed by atoms with Gasteiger partial charge in [-0.1, -0.05) is 77.0 Å². The number of carbonyl (C=O) groups excluding carboxylic acids is 1. The number of H-pyrrole nitrogens is 1. The summed E-state index contributed by atoms with van der Waals surface area (Å²) in [7, 11) is 0. The average molecular weight is 609 g/mol. The third-order valence-corrected chi connectivity index (χ3v) is 9.35. The van der Waals surface area contributed by atoms with Gasteiger partial charge in [0.25, 0.3) is 11.5 Å². The van der Waals surface area contributed by atoms with Gasteiger partial charge in [0.1, 0.15) is 0 Å². The van der Waals surface area contributed by atoms with E-state index >= 15 is 0 Å². The number of nitrogens with zero attached hydrogens (tertiary/aromatic N) is 3. The molecule has 1 N–H and O–H groups in total. The van der Waals surface area contributed by atoms with Crippen LogP contribution in [0.25, 0.3) is 28.2 Å². The third-order valence-electron chi connectivity index (χ3n) is 8.12. The number of nitrogens with one attached hydrogen (secondary N) is 1. The van der Waals surface area contributed by atoms with Crippen LogP contribution in [0.4, 0.5) is 0 Å². The van der Waals surface area contributed by atoms with Gasteiger partial charge in [0.15, 0.2) is 4.80 Å². The molecule has 0 saturated heterocycles. The van der Waals surface area contributed by atoms with E-state index < -0.39 is 6.04 Å². The number of rotatable bonds is 6. The molecule has 2 aromatic heterocycles. The van der Waals surface area contributed by atoms with E-state index in [1.54, 1.807) is 21.6 Å². The van der Waals surface area contributed by atoms with Crippen molar-refractivity contribution >= 4 is 45.8 Å². The number of hydrogen-bond donors (Lipinski definition) is 1. The maximum Gasteiger partial charge on any atom is 0.271 e. The fourth-order valence-electron chi connectivity index (χ4n) is 6.02. The molecule has 8 heteroatoms. The summed E-state index contributed by atoms with van der Waals surface area (Å²) < 4.78 is 2.23. The molecular formula is C35H33ClN4O2S. The standard InChI is InChI=1S/C35H33ClN4O2S/c1-6-39(7-2)34(42)29-22(5)37-35-40(32(29)24-13-15-25(36)16-14-24)33(41)28(43-35)19-27-26-18-20(3)17-21(4)30(26)38-31(27)23-11-9-8-10-12-23/h8-19,32,38H,6-7H2,1-5H3/b28-19+/t32-/m1/s1. The summed E-state index contributed by atoms with van der Waals surface area (Å²) in [6, 6.07) is 21.2. The summed E-state index contributed by atoms with van der Waals surface area (Å²) in [5.74, 6) is -0.116. The molecular weight excluding hydrogens is 576 g/mol. The lowest BCUT2D eigenvalue weighted by molar-refractivity contribution is -0.127. The number of aromatic nitrogens is 2. The fraction of sp³-hybridized carbons (Fsp3) is 0.229. The van der Waals surface area contributed by atoms with Crippen molar-refractivity contribution in [3.05, 3.63) is 125 Å². The van der Waals surface area contributed by atoms with E-state index in [1.807, 2.05) is 57.2 Å². The van der Waals surface area contributed by atoms with Crippen molar-refractivity contribution in [2.24, 2.45) is 4.99 Å². The van der Waals surface area contributed by atoms with Gasteiger partial charge < -0.3 is 9.88 Å². The third kappa shape index (κ3) is 5.07. The number of benzene rings is 3. The number of hydrogen-bond acceptors (Lipinski definition) is 4. The summed E-state index contributed by atoms with van der Waals surface area (Å²) in [5.41, 5.74) is 8.05. The molecule has 218 valence electrons. The minimum Gasteiger partial charge on any atom is -0.354 e. The highest BCUT2D eigenvalue weighted by atomic mass is 35.5. The number of allylic oxidation sites excluding steroid dienone is 1. The van der Waals surface area contributed by atoms with Crippen LogP contribution in [0.15, 0.2) is 87.8 Å². The summed E-state index contributed by atoms with van der Waals surface area (Å²) >= 11 is 7.59. The van der Waals surface area contributed by atoms with Crippen molar-refractivity contribution in [2.45, 2.75) is 40.7 Å². The van der Waals surface area contributed by atoms with Crippen LogP contribution in [-0.4, -0.2) is 33.4 Å². The van der Waals surface area contributed by atoms with Crippen molar-refractivity contribution in [1.82, 2.24) is 14.5 Å². The van der Waals surface area contributed by atoms with Crippen LogP contribution < -0.4 is 14.9 Å². The first-order valence-corrected chi connectivity index (χ1v) is 15.7. The Hall–Kier alpha value is -4.20. The van der Waals surface area contributed by atoms with E-state index in [9.17, 15) is 9.59 Å². The molecule has 0 fully saturated rings. The number of fused-ring (bicyclic) bond motifs is 2. The highest BCUT2D eigenvalue weighted by Crippen LogP contribution is 2.34. The molecule has 6 rings (SSSR count). The fourth-order valence-corrected chi connectivity index (χ4v) is 7.18. The second-order valence-electron chi connectivity index (χ2n) is 10.9. The second kappa shape index (κ2) is 11.5. The van der Waals surface area contributed by atoms with Gasteiger partial charge in [-0.15, -0.1) is 0 Å². The van der Waals surface area contributed by atoms with Gasteiger partial charge in [0, 0.05) is 34.6 Å². The lowest BCUT2D eigenvalue weighted by Crippen LogP contribution is -2.43. The summed E-state index contributed by atoms with van der Waals surface area (Å²) in [4.78, 5) is 39.1. The van der Waals surface area contributed by atoms with Gasteiger partial charge >= 0.3 is 0 Å². The lowest BCUT2D eigenvalue weighted by Gasteiger charge is -2.29. The van der Waals surface area contributed by atoms with Gasteiger partial charge in [0.05, 0.1) is 27.5 Å². The molecule has 0 spiro atoms. The molecule has 0 bridgehead atoms. The number of thiazole rings is 1. The van der Waals surface area contributed by atoms with E-state index in [2.05, 4.69) is 43.1 Å². The van der Waals surface area contributed by atoms with Crippen LogP contribution in [0, 0.1) is 13.8 Å². The Morgan fingerprint density at radius 3 is 2.42 bits per heavy atom. The van der Waals surface area contributed by atoms with Crippen molar-refractivity contribution in [3.63, 3.8) is 0 Å². The largest absolute Gasteiger partial charge is 0.354 e. The summed E-state index contributed by atoms with van der Waals surface area (Å²) in [6.07, 6.45) is 1.98. The van der Waals surface area contributed by atoms with E-state index in [0.29, 0.717) is 38.7 Å². The Labute approximate surface area is 259 Å². The Kier molecular flexibility index (Phi) is 7.71. The van der Waals surface area contributed by atoms with Crippen molar-refractivity contribution in [2.75, 3.05) is 13.1 Å². The van der Waals surface area contributed by atoms with Gasteiger partial charge in [-0.2, -0.15) is 0 Å². The highest BCUT2D eigenvalue weighted by Gasteiger charge is 2.34. The monoisotopic (exact) mass is 608 g/mol. The average Bonchev–Trinajstić information content (AvgIpc) is 3.51. The number of amides is 1. The van der Waals surface area contributed by atoms with E-state index in [0.717, 1.165) is 44.4 Å². The van der Waals surface area contributed by atoms with Crippen LogP contribution >= 0.6 is 22.9 Å². The molecule has 3 aromatic carbocycles. The van der Waals surface area contributed by atoms with Gasteiger partial charge in [-0.3, -0.25) is 14.2 Å². The SMILES string of the molecule is CCN(CC)C(=O)C1=C(C)N=c2s/c(=C/c3c(-c4ccccc4)[nH]c4c(C)cc(C)cc34)c(=O)n2[C@@H]1c1ccc(Cl)cc1. The first-order valence-electron chi connectivity index (χ1n) is 14.5. The maximum absolute atomic E-state index is 14.4. The molecule has 1 atom stereocenters. The Balaban J connectivity index is 1.63. The van der Waals surface area contributed by atoms with Gasteiger partial charge in [0.2, 0.25) is 0 Å². The number of aromatic amines is 1. The topological polar surface area (TPSA) is 70.5 Å². The zero-order valence-electron chi connectivity index (χ0n) is 24.9. The van der Waals surface area contributed by atoms with Gasteiger partial charge in [-0.25, -0.2) is 4.99 Å². The van der Waals surface area contributed by atoms with Crippen molar-refractivity contribution < 1.29 is 4.79 Å². The smallest absolute Gasteiger partial charge is 0.271 e. The molecule has 0 aliphatic carbocycles. The maximum atomic E-state index is 14.4. The van der Waals surface area contributed by atoms with E-state index in [1.165, 1.54) is 11.3 Å². The Morgan fingerprint density at radius 2 is 1.74 bits per heavy atom. The Bertz CT molecular complexity index is 2080. The molecule has 1 amide bonds. The molecule has 3 heterocycles. The quantitative estimate of drug-likeness (QED) is 0.238. The van der Waals surface area contributed by atoms with Crippen LogP contribution in [0.5, 0.6) is 0 Å². The molecule has 1 aliphatic heterocycles. The van der Waals surface area contributed by atoms with Gasteiger partial charge in [-0.05, 0) is 75.6 Å². The van der Waals surface area contributed by atoms with Crippen LogP contribution in [0.3, 0.4) is 0 Å². The van der Waals surface area contributed by atoms with Crippen LogP contribution in [0.1, 0.15) is 49.1 Å². The number of aryl methyl sites for hydroxylation is 2. The minimum atomic E-state index is -0.621. The van der Waals surface area contributed by atoms with E-state index in [4.69, 9.17) is 16.6 Å².